The van der Waals surface area contributed by atoms with Crippen molar-refractivity contribution in [1.29, 1.82) is 5.26 Å². The maximum absolute atomic E-state index is 12.6. The van der Waals surface area contributed by atoms with Crippen LogP contribution in [0.3, 0.4) is 0 Å². The maximum atomic E-state index is 12.6. The fraction of sp³-hybridized carbons (Fsp3) is 0.200. The molecule has 11 heteroatoms. The van der Waals surface area contributed by atoms with E-state index in [4.69, 9.17) is 11.8 Å². The van der Waals surface area contributed by atoms with Gasteiger partial charge in [-0.25, -0.2) is 9.97 Å². The number of aromatic nitrogens is 2. The van der Waals surface area contributed by atoms with E-state index < -0.39 is 11.9 Å². The van der Waals surface area contributed by atoms with Crippen molar-refractivity contribution in [1.82, 2.24) is 15.3 Å². The number of halogens is 2. The van der Waals surface area contributed by atoms with Gasteiger partial charge in [0.05, 0.1) is 5.56 Å². The van der Waals surface area contributed by atoms with Crippen LogP contribution in [-0.2, 0) is 18.4 Å². The molecule has 0 saturated carbocycles. The van der Waals surface area contributed by atoms with Crippen molar-refractivity contribution < 1.29 is 43.1 Å². The Labute approximate surface area is 184 Å². The van der Waals surface area contributed by atoms with E-state index >= 15 is 0 Å². The second-order valence-corrected chi connectivity index (χ2v) is 3.48. The topological polar surface area (TPSA) is 78.7 Å². The summed E-state index contributed by atoms with van der Waals surface area (Å²) in [7, 11) is 4.88. The van der Waals surface area contributed by atoms with Gasteiger partial charge in [0.2, 0.25) is 11.9 Å². The van der Waals surface area contributed by atoms with Gasteiger partial charge in [0.15, 0.2) is 6.29 Å². The Morgan fingerprint density at radius 2 is 1.65 bits per heavy atom. The van der Waals surface area contributed by atoms with Crippen LogP contribution in [0.1, 0.15) is 23.3 Å². The van der Waals surface area contributed by atoms with Crippen molar-refractivity contribution in [2.24, 2.45) is 0 Å². The van der Waals surface area contributed by atoms with Gasteiger partial charge in [0, 0.05) is 32.9 Å². The first kappa shape index (κ1) is 35.9. The third kappa shape index (κ3) is 16.3. The van der Waals surface area contributed by atoms with Gasteiger partial charge < -0.3 is 37.0 Å². The zero-order valence-electron chi connectivity index (χ0n) is 13.7. The van der Waals surface area contributed by atoms with Crippen LogP contribution < -0.4 is 34.9 Å². The van der Waals surface area contributed by atoms with Gasteiger partial charge in [-0.2, -0.15) is 8.78 Å². The minimum atomic E-state index is -0.715. The summed E-state index contributed by atoms with van der Waals surface area (Å²) in [5.41, 5.74) is 0.600. The minimum Gasteiger partial charge on any atom is -0.645 e. The maximum Gasteiger partial charge on any atom is 1.00 e. The van der Waals surface area contributed by atoms with Crippen LogP contribution in [0, 0.1) is 23.7 Å². The number of nitrogens with zero attached hydrogens (tertiary/aromatic N) is 3. The van der Waals surface area contributed by atoms with Gasteiger partial charge in [-0.1, -0.05) is 13.5 Å². The molecule has 3 radical (unpaired) electrons. The monoisotopic (exact) mass is 404 g/mol. The Kier molecular flexibility index (Phi) is 36.0. The predicted molar refractivity (Wildman–Crippen MR) is 98.3 cm³/mol. The molecule has 26 heavy (non-hydrogen) atoms. The Morgan fingerprint density at radius 3 is 2.00 bits per heavy atom. The summed E-state index contributed by atoms with van der Waals surface area (Å²) in [6, 6.07) is 6.30. The first-order chi connectivity index (χ1) is 11.2. The molecule has 0 saturated heterocycles. The summed E-state index contributed by atoms with van der Waals surface area (Å²) < 4.78 is 24.9. The van der Waals surface area contributed by atoms with Crippen LogP contribution in [0.5, 0.6) is 0 Å². The molecule has 0 aromatic carbocycles. The van der Waals surface area contributed by atoms with E-state index in [9.17, 15) is 13.6 Å². The fourth-order valence-corrected chi connectivity index (χ4v) is 1.23. The van der Waals surface area contributed by atoms with E-state index in [1.807, 2.05) is 0 Å². The molecule has 0 atom stereocenters. The summed E-state index contributed by atoms with van der Waals surface area (Å²) in [5, 5.41) is 9.09. The number of pyridine rings is 2. The van der Waals surface area contributed by atoms with E-state index in [1.165, 1.54) is 24.5 Å². The standard InChI is InChI=1S/C7H9FN2.C6H4FNO.CN.CH4.B.Na.PS/c1-9-5-6-3-2-4-10-7(6)8;7-6-5(4-9)2-1-3-8-6;1-2;;;;1-2/h2-4,9H,5H2,1H3;1-4H;;1H4;;;/q;;-1;;;+1;-1. The van der Waals surface area contributed by atoms with Crippen LogP contribution in [-0.4, -0.2) is 31.7 Å². The zero-order chi connectivity index (χ0) is 18.1. The number of aldehydes is 1. The zero-order valence-corrected chi connectivity index (χ0v) is 17.4. The van der Waals surface area contributed by atoms with Gasteiger partial charge in [0.1, 0.15) is 0 Å². The number of rotatable bonds is 3. The third-order valence-electron chi connectivity index (χ3n) is 2.12. The van der Waals surface area contributed by atoms with Gasteiger partial charge in [-0.3, -0.25) is 4.79 Å². The average Bonchev–Trinajstić information content (AvgIpc) is 2.62. The number of nitrogens with one attached hydrogen (secondary N) is 1. The largest absolute Gasteiger partial charge is 1.00 e. The first-order valence-electron chi connectivity index (χ1n) is 5.89. The molecule has 0 bridgehead atoms. The Hall–Kier alpha value is -1.14. The summed E-state index contributed by atoms with van der Waals surface area (Å²) >= 11 is 3.78. The molecule has 0 aliphatic carbocycles. The number of carbonyl (C=O) groups excluding carboxylic acids is 1. The molecule has 133 valence electrons. The normalized spacial score (nSPS) is 7.12. The predicted octanol–water partition coefficient (Wildman–Crippen LogP) is 0.188. The van der Waals surface area contributed by atoms with Crippen LogP contribution in [0.15, 0.2) is 36.7 Å². The van der Waals surface area contributed by atoms with Crippen molar-refractivity contribution in [2.45, 2.75) is 14.0 Å². The van der Waals surface area contributed by atoms with E-state index in [0.717, 1.165) is 0 Å². The smallest absolute Gasteiger partial charge is 0.645 e. The van der Waals surface area contributed by atoms with Crippen LogP contribution in [0.2, 0.25) is 0 Å². The molecule has 0 fully saturated rings. The molecule has 0 spiro atoms. The van der Waals surface area contributed by atoms with Gasteiger partial charge in [-0.05, 0) is 25.2 Å². The molecular weight excluding hydrogens is 387 g/mol. The molecule has 2 rings (SSSR count). The Morgan fingerprint density at radius 1 is 1.19 bits per heavy atom. The average molecular weight is 404 g/mol. The minimum absolute atomic E-state index is 0. The molecule has 2 aromatic rings. The molecule has 0 aliphatic rings. The molecule has 1 N–H and O–H groups in total. The van der Waals surface area contributed by atoms with Gasteiger partial charge in [-0.15, -0.1) is 0 Å². The number of hydrogen-bond donors (Lipinski definition) is 1. The molecule has 0 unspecified atom stereocenters. The van der Waals surface area contributed by atoms with E-state index in [1.54, 1.807) is 19.2 Å². The molecule has 5 nitrogen and oxygen atoms in total. The Bertz CT molecular complexity index is 615. The van der Waals surface area contributed by atoms with Crippen LogP contribution >= 0.6 is 8.02 Å². The summed E-state index contributed by atoms with van der Waals surface area (Å²) in [6.07, 6.45) is 3.17. The molecule has 2 heterocycles. The summed E-state index contributed by atoms with van der Waals surface area (Å²) in [5.74, 6) is -1.11. The van der Waals surface area contributed by atoms with Crippen LogP contribution in [0.4, 0.5) is 8.78 Å². The number of hydrogen-bond acceptors (Lipinski definition) is 6. The van der Waals surface area contributed by atoms with E-state index in [-0.39, 0.29) is 51.0 Å². The van der Waals surface area contributed by atoms with Crippen molar-refractivity contribution >= 4 is 34.5 Å². The van der Waals surface area contributed by atoms with E-state index in [0.29, 0.717) is 18.4 Å². The van der Waals surface area contributed by atoms with Crippen molar-refractivity contribution in [3.05, 3.63) is 66.3 Å². The number of carbonyl (C=O) groups is 1. The molecule has 2 aromatic heterocycles. The van der Waals surface area contributed by atoms with Crippen molar-refractivity contribution in [3.63, 3.8) is 0 Å². The summed E-state index contributed by atoms with van der Waals surface area (Å²) in [6.45, 7) is 5.28. The van der Waals surface area contributed by atoms with Crippen LogP contribution in [0.25, 0.3) is 0 Å². The molecular formula is C15H17BF2N4NaOPS-. The summed E-state index contributed by atoms with van der Waals surface area (Å²) in [4.78, 5) is 16.7. The van der Waals surface area contributed by atoms with E-state index in [2.05, 4.69) is 35.1 Å². The van der Waals surface area contributed by atoms with Crippen molar-refractivity contribution in [2.75, 3.05) is 7.05 Å². The van der Waals surface area contributed by atoms with Crippen molar-refractivity contribution in [3.8, 4) is 0 Å². The second-order valence-electron chi connectivity index (χ2n) is 3.48. The molecule has 0 amide bonds. The SMILES string of the molecule is C.CNCc1cccnc1F.O=Cc1cccnc1F.[B].[C-]#N.[Na+].[P-]=S. The third-order valence-corrected chi connectivity index (χ3v) is 2.12. The van der Waals surface area contributed by atoms with Gasteiger partial charge >= 0.3 is 29.6 Å². The molecule has 0 aliphatic heterocycles. The quantitative estimate of drug-likeness (QED) is 0.259. The fourth-order valence-electron chi connectivity index (χ4n) is 1.23. The first-order valence-corrected chi connectivity index (χ1v) is 7.35. The van der Waals surface area contributed by atoms with Gasteiger partial charge in [0.25, 0.3) is 0 Å². The second kappa shape index (κ2) is 26.1. The Balaban J connectivity index is -0.0000000866.